The average molecular weight is 383 g/mol. The lowest BCUT2D eigenvalue weighted by Crippen LogP contribution is -2.49. The second-order valence-corrected chi connectivity index (χ2v) is 8.64. The summed E-state index contributed by atoms with van der Waals surface area (Å²) in [6.45, 7) is 7.08. The average Bonchev–Trinajstić information content (AvgIpc) is 3.17. The van der Waals surface area contributed by atoms with Gasteiger partial charge in [-0.1, -0.05) is 12.1 Å². The van der Waals surface area contributed by atoms with E-state index in [-0.39, 0.29) is 11.5 Å². The minimum atomic E-state index is -0.224. The molecule has 2 aliphatic heterocycles. The highest BCUT2D eigenvalue weighted by atomic mass is 32.1. The molecule has 0 radical (unpaired) electrons. The molecule has 1 amide bonds. The lowest BCUT2D eigenvalue weighted by Gasteiger charge is -2.41. The second-order valence-electron chi connectivity index (χ2n) is 7.61. The number of nitrogens with zero attached hydrogens (tertiary/aromatic N) is 1. The van der Waals surface area contributed by atoms with Gasteiger partial charge in [0.05, 0.1) is 13.1 Å². The van der Waals surface area contributed by atoms with E-state index in [1.54, 1.807) is 11.3 Å². The van der Waals surface area contributed by atoms with Gasteiger partial charge in [0, 0.05) is 36.4 Å². The number of thiophene rings is 1. The minimum absolute atomic E-state index is 0.0934. The van der Waals surface area contributed by atoms with Gasteiger partial charge in [0.25, 0.3) is 0 Å². The molecule has 0 aliphatic carbocycles. The summed E-state index contributed by atoms with van der Waals surface area (Å²) in [5, 5.41) is 5.04. The molecule has 2 aliphatic rings. The van der Waals surface area contributed by atoms with Crippen molar-refractivity contribution in [1.82, 2.24) is 10.2 Å². The van der Waals surface area contributed by atoms with Crippen molar-refractivity contribution in [3.05, 3.63) is 57.3 Å². The van der Waals surface area contributed by atoms with E-state index < -0.39 is 0 Å². The predicted molar refractivity (Wildman–Crippen MR) is 110 cm³/mol. The quantitative estimate of drug-likeness (QED) is 0.871. The number of ether oxygens (including phenoxy) is 1. The number of aryl methyl sites for hydroxylation is 2. The van der Waals surface area contributed by atoms with Gasteiger partial charge in [0.2, 0.25) is 5.91 Å². The molecule has 0 bridgehead atoms. The number of carbonyl (C=O) groups is 1. The van der Waals surface area contributed by atoms with Gasteiger partial charge in [0.15, 0.2) is 0 Å². The van der Waals surface area contributed by atoms with Gasteiger partial charge in [-0.3, -0.25) is 9.69 Å². The first-order valence-corrected chi connectivity index (χ1v) is 10.4. The summed E-state index contributed by atoms with van der Waals surface area (Å²) in [5.41, 5.74) is 3.50. The van der Waals surface area contributed by atoms with Crippen LogP contribution in [0.15, 0.2) is 35.7 Å². The minimum Gasteiger partial charge on any atom is -0.482 e. The zero-order chi connectivity index (χ0) is 18.9. The molecule has 0 atom stereocenters. The predicted octanol–water partition coefficient (Wildman–Crippen LogP) is 3.92. The monoisotopic (exact) mass is 382 g/mol. The van der Waals surface area contributed by atoms with Gasteiger partial charge < -0.3 is 10.1 Å². The molecule has 4 rings (SSSR count). The van der Waals surface area contributed by atoms with Gasteiger partial charge in [-0.05, 0) is 54.6 Å². The number of carbonyl (C=O) groups excluding carboxylic acids is 1. The van der Waals surface area contributed by atoms with Crippen molar-refractivity contribution in [2.24, 2.45) is 0 Å². The molecule has 1 aromatic heterocycles. The molecule has 0 saturated carbocycles. The molecule has 1 aromatic carbocycles. The number of piperidine rings is 1. The fourth-order valence-electron chi connectivity index (χ4n) is 3.74. The Hall–Kier alpha value is -2.11. The highest BCUT2D eigenvalue weighted by Gasteiger charge is 2.37. The van der Waals surface area contributed by atoms with Crippen LogP contribution in [0.2, 0.25) is 0 Å². The third-order valence-corrected chi connectivity index (χ3v) is 6.49. The van der Waals surface area contributed by atoms with Crippen LogP contribution >= 0.6 is 11.3 Å². The molecule has 1 N–H and O–H groups in total. The molecular weight excluding hydrogens is 356 g/mol. The first-order chi connectivity index (χ1) is 13.0. The Labute approximate surface area is 164 Å². The van der Waals surface area contributed by atoms with Gasteiger partial charge in [0.1, 0.15) is 11.4 Å². The molecule has 1 spiro atoms. The summed E-state index contributed by atoms with van der Waals surface area (Å²) >= 11 is 1.67. The fourth-order valence-corrected chi connectivity index (χ4v) is 4.39. The van der Waals surface area contributed by atoms with E-state index in [4.69, 9.17) is 4.74 Å². The van der Waals surface area contributed by atoms with Crippen LogP contribution in [-0.4, -0.2) is 36.0 Å². The maximum absolute atomic E-state index is 12.2. The number of amides is 1. The SMILES string of the molecule is Cc1cc2c(cc1C)OC1(C=C2)CCN(CC(=O)NCc2cccs2)CC1. The van der Waals surface area contributed by atoms with Crippen LogP contribution in [-0.2, 0) is 11.3 Å². The number of benzene rings is 1. The fraction of sp³-hybridized carbons (Fsp3) is 0.409. The van der Waals surface area contributed by atoms with Crippen molar-refractivity contribution in [2.75, 3.05) is 19.6 Å². The first kappa shape index (κ1) is 18.3. The first-order valence-electron chi connectivity index (χ1n) is 9.54. The largest absolute Gasteiger partial charge is 0.482 e. The Morgan fingerprint density at radius 1 is 1.26 bits per heavy atom. The number of nitrogens with one attached hydrogen (secondary N) is 1. The van der Waals surface area contributed by atoms with Crippen molar-refractivity contribution < 1.29 is 9.53 Å². The third kappa shape index (κ3) is 4.09. The van der Waals surface area contributed by atoms with E-state index in [1.807, 2.05) is 17.5 Å². The van der Waals surface area contributed by atoms with Crippen LogP contribution in [0.4, 0.5) is 0 Å². The van der Waals surface area contributed by atoms with Gasteiger partial charge in [-0.15, -0.1) is 11.3 Å². The van der Waals surface area contributed by atoms with Crippen molar-refractivity contribution in [1.29, 1.82) is 0 Å². The standard InChI is InChI=1S/C22H26N2O2S/c1-16-12-18-5-6-22(26-20(18)13-17(16)2)7-9-24(10-8-22)15-21(25)23-14-19-4-3-11-27-19/h3-6,11-13H,7-10,14-15H2,1-2H3,(H,23,25). The van der Waals surface area contributed by atoms with Crippen molar-refractivity contribution in [3.8, 4) is 5.75 Å². The second kappa shape index (κ2) is 7.49. The van der Waals surface area contributed by atoms with Crippen LogP contribution in [0.3, 0.4) is 0 Å². The van der Waals surface area contributed by atoms with Gasteiger partial charge >= 0.3 is 0 Å². The highest BCUT2D eigenvalue weighted by Crippen LogP contribution is 2.38. The lowest BCUT2D eigenvalue weighted by atomic mass is 9.87. The third-order valence-electron chi connectivity index (χ3n) is 5.62. The Balaban J connectivity index is 1.31. The summed E-state index contributed by atoms with van der Waals surface area (Å²) in [6, 6.07) is 8.40. The molecular formula is C22H26N2O2S. The van der Waals surface area contributed by atoms with Crippen LogP contribution in [0.5, 0.6) is 5.75 Å². The molecule has 4 nitrogen and oxygen atoms in total. The number of fused-ring (bicyclic) bond motifs is 1. The van der Waals surface area contributed by atoms with Crippen molar-refractivity contribution in [2.45, 2.75) is 38.8 Å². The number of likely N-dealkylation sites (tertiary alicyclic amines) is 1. The summed E-state index contributed by atoms with van der Waals surface area (Å²) in [7, 11) is 0. The molecule has 2 aromatic rings. The molecule has 0 unspecified atom stereocenters. The molecule has 5 heteroatoms. The number of hydrogen-bond donors (Lipinski definition) is 1. The van der Waals surface area contributed by atoms with Crippen LogP contribution in [0, 0.1) is 13.8 Å². The Morgan fingerprint density at radius 3 is 2.78 bits per heavy atom. The zero-order valence-electron chi connectivity index (χ0n) is 16.0. The Morgan fingerprint density at radius 2 is 2.04 bits per heavy atom. The summed E-state index contributed by atoms with van der Waals surface area (Å²) in [5.74, 6) is 1.08. The Bertz CT molecular complexity index is 849. The van der Waals surface area contributed by atoms with Crippen LogP contribution in [0.1, 0.15) is 34.4 Å². The maximum Gasteiger partial charge on any atom is 0.234 e. The summed E-state index contributed by atoms with van der Waals surface area (Å²) < 4.78 is 6.43. The zero-order valence-corrected chi connectivity index (χ0v) is 16.8. The molecule has 1 saturated heterocycles. The normalized spacial score (nSPS) is 18.1. The van der Waals surface area contributed by atoms with E-state index >= 15 is 0 Å². The number of rotatable bonds is 4. The van der Waals surface area contributed by atoms with E-state index in [0.717, 1.165) is 31.7 Å². The maximum atomic E-state index is 12.2. The van der Waals surface area contributed by atoms with E-state index in [9.17, 15) is 4.79 Å². The highest BCUT2D eigenvalue weighted by molar-refractivity contribution is 7.09. The molecule has 3 heterocycles. The topological polar surface area (TPSA) is 41.6 Å². The van der Waals surface area contributed by atoms with Crippen LogP contribution in [0.25, 0.3) is 6.08 Å². The summed E-state index contributed by atoms with van der Waals surface area (Å²) in [6.07, 6.45) is 6.25. The van der Waals surface area contributed by atoms with Gasteiger partial charge in [-0.25, -0.2) is 0 Å². The molecule has 27 heavy (non-hydrogen) atoms. The summed E-state index contributed by atoms with van der Waals surface area (Å²) in [4.78, 5) is 15.6. The molecule has 1 fully saturated rings. The smallest absolute Gasteiger partial charge is 0.234 e. The lowest BCUT2D eigenvalue weighted by molar-refractivity contribution is -0.123. The van der Waals surface area contributed by atoms with Crippen molar-refractivity contribution in [3.63, 3.8) is 0 Å². The van der Waals surface area contributed by atoms with E-state index in [2.05, 4.69) is 48.3 Å². The number of hydrogen-bond acceptors (Lipinski definition) is 4. The van der Waals surface area contributed by atoms with E-state index in [1.165, 1.54) is 21.6 Å². The van der Waals surface area contributed by atoms with Gasteiger partial charge in [-0.2, -0.15) is 0 Å². The van der Waals surface area contributed by atoms with E-state index in [0.29, 0.717) is 13.1 Å². The van der Waals surface area contributed by atoms with Crippen molar-refractivity contribution >= 4 is 23.3 Å². The van der Waals surface area contributed by atoms with Crippen LogP contribution < -0.4 is 10.1 Å². The Kier molecular flexibility index (Phi) is 5.06. The molecule has 142 valence electrons.